The zero-order valence-corrected chi connectivity index (χ0v) is 24.0. The highest BCUT2D eigenvalue weighted by molar-refractivity contribution is 6.02. The van der Waals surface area contributed by atoms with Crippen LogP contribution in [-0.2, 0) is 0 Å². The van der Waals surface area contributed by atoms with Gasteiger partial charge in [0.05, 0.1) is 23.3 Å². The molecule has 0 N–H and O–H groups in total. The Morgan fingerprint density at radius 1 is 0.975 bits per heavy atom. The summed E-state index contributed by atoms with van der Waals surface area (Å²) in [4.78, 5) is 16.2. The van der Waals surface area contributed by atoms with Crippen LogP contribution in [0.1, 0.15) is 51.4 Å². The van der Waals surface area contributed by atoms with Crippen molar-refractivity contribution in [3.05, 3.63) is 156 Å². The standard InChI is InChI=1S/C36H36N4/c1-8-14-29(15-9-2)25(4)22-34(31-16-12-11-13-17-31)39-27(6)30-18-20-32(21-19-30)40-28(7)26(5)33(10-3)36-35(40)23-37-24-38-36/h8-24H,1,4H2,2-3,5-7H3/b15-9-,29-14+,33-10+,34-22-,39-27?. The van der Waals surface area contributed by atoms with Gasteiger partial charge in [0.1, 0.15) is 6.33 Å². The number of benzene rings is 2. The maximum Gasteiger partial charge on any atom is 0.116 e. The summed E-state index contributed by atoms with van der Waals surface area (Å²) >= 11 is 0. The molecule has 0 saturated carbocycles. The van der Waals surface area contributed by atoms with Gasteiger partial charge in [-0.2, -0.15) is 0 Å². The Balaban J connectivity index is 1.72. The molecule has 1 aliphatic rings. The van der Waals surface area contributed by atoms with Gasteiger partial charge < -0.3 is 4.90 Å². The van der Waals surface area contributed by atoms with Crippen LogP contribution < -0.4 is 4.90 Å². The maximum absolute atomic E-state index is 5.08. The van der Waals surface area contributed by atoms with Gasteiger partial charge in [0.25, 0.3) is 0 Å². The fraction of sp³-hybridized carbons (Fsp3) is 0.139. The minimum absolute atomic E-state index is 0.849. The lowest BCUT2D eigenvalue weighted by Crippen LogP contribution is -2.22. The molecule has 1 aliphatic heterocycles. The van der Waals surface area contributed by atoms with Crippen molar-refractivity contribution >= 4 is 28.4 Å². The van der Waals surface area contributed by atoms with Crippen molar-refractivity contribution in [1.82, 2.24) is 9.97 Å². The number of fused-ring (bicyclic) bond motifs is 1. The maximum atomic E-state index is 5.08. The molecule has 0 aliphatic carbocycles. The van der Waals surface area contributed by atoms with Crippen LogP contribution in [0, 0.1) is 0 Å². The van der Waals surface area contributed by atoms with Crippen LogP contribution in [0.2, 0.25) is 0 Å². The number of allylic oxidation sites excluding steroid dienone is 11. The number of aromatic nitrogens is 2. The summed E-state index contributed by atoms with van der Waals surface area (Å²) in [5.74, 6) is 0. The normalized spacial score (nSPS) is 15.6. The second-order valence-electron chi connectivity index (χ2n) is 9.53. The molecule has 0 atom stereocenters. The third-order valence-corrected chi connectivity index (χ3v) is 6.99. The first kappa shape index (κ1) is 28.2. The highest BCUT2D eigenvalue weighted by Crippen LogP contribution is 2.42. The van der Waals surface area contributed by atoms with Crippen molar-refractivity contribution in [3.63, 3.8) is 0 Å². The Bertz CT molecular complexity index is 1590. The van der Waals surface area contributed by atoms with Gasteiger partial charge in [-0.25, -0.2) is 9.97 Å². The number of rotatable bonds is 8. The van der Waals surface area contributed by atoms with E-state index in [-0.39, 0.29) is 0 Å². The molecule has 4 nitrogen and oxygen atoms in total. The van der Waals surface area contributed by atoms with Crippen molar-refractivity contribution in [1.29, 1.82) is 0 Å². The van der Waals surface area contributed by atoms with Gasteiger partial charge in [-0.05, 0) is 75.1 Å². The smallest absolute Gasteiger partial charge is 0.116 e. The highest BCUT2D eigenvalue weighted by Gasteiger charge is 2.26. The molecule has 40 heavy (non-hydrogen) atoms. The SMILES string of the molecule is C=C/C=C(\C=C/C)C(=C)/C=C(\N=C(C)c1ccc(N2C(C)=C(C)/C(=C\C)c3ncncc32)cc1)c1ccccc1. The first-order valence-electron chi connectivity index (χ1n) is 13.4. The van der Waals surface area contributed by atoms with Gasteiger partial charge in [-0.15, -0.1) is 0 Å². The molecule has 4 heteroatoms. The van der Waals surface area contributed by atoms with E-state index in [1.165, 1.54) is 5.57 Å². The summed E-state index contributed by atoms with van der Waals surface area (Å²) in [6.07, 6.45) is 15.4. The topological polar surface area (TPSA) is 41.4 Å². The minimum atomic E-state index is 0.849. The molecular formula is C36H36N4. The number of nitrogens with zero attached hydrogens (tertiary/aromatic N) is 4. The van der Waals surface area contributed by atoms with Crippen LogP contribution in [-0.4, -0.2) is 15.7 Å². The summed E-state index contributed by atoms with van der Waals surface area (Å²) in [6.45, 7) is 18.5. The predicted molar refractivity (Wildman–Crippen MR) is 172 cm³/mol. The van der Waals surface area contributed by atoms with Crippen molar-refractivity contribution < 1.29 is 0 Å². The Labute approximate surface area is 238 Å². The average molecular weight is 525 g/mol. The lowest BCUT2D eigenvalue weighted by Gasteiger charge is -2.33. The molecule has 0 spiro atoms. The van der Waals surface area contributed by atoms with Gasteiger partial charge >= 0.3 is 0 Å². The van der Waals surface area contributed by atoms with E-state index in [1.54, 1.807) is 12.4 Å². The molecule has 0 fully saturated rings. The molecule has 1 aromatic heterocycles. The molecule has 0 radical (unpaired) electrons. The van der Waals surface area contributed by atoms with Gasteiger partial charge in [0.2, 0.25) is 0 Å². The summed E-state index contributed by atoms with van der Waals surface area (Å²) in [7, 11) is 0. The summed E-state index contributed by atoms with van der Waals surface area (Å²) < 4.78 is 0. The molecule has 0 unspecified atom stereocenters. The summed E-state index contributed by atoms with van der Waals surface area (Å²) in [6, 6.07) is 18.7. The minimum Gasteiger partial charge on any atom is -0.311 e. The highest BCUT2D eigenvalue weighted by atomic mass is 15.2. The molecule has 0 amide bonds. The molecule has 3 aromatic rings. The van der Waals surface area contributed by atoms with Gasteiger partial charge in [-0.1, -0.05) is 86.0 Å². The number of hydrogen-bond acceptors (Lipinski definition) is 4. The molecule has 2 aromatic carbocycles. The largest absolute Gasteiger partial charge is 0.311 e. The zero-order valence-electron chi connectivity index (χ0n) is 24.0. The Hall–Kier alpha value is -4.83. The molecule has 200 valence electrons. The number of anilines is 2. The van der Waals surface area contributed by atoms with Gasteiger partial charge in [-0.3, -0.25) is 4.99 Å². The van der Waals surface area contributed by atoms with Crippen molar-refractivity contribution in [2.75, 3.05) is 4.90 Å². The fourth-order valence-corrected chi connectivity index (χ4v) is 4.81. The zero-order chi connectivity index (χ0) is 28.6. The molecule has 2 heterocycles. The number of hydrogen-bond donors (Lipinski definition) is 0. The van der Waals surface area contributed by atoms with E-state index in [4.69, 9.17) is 4.99 Å². The molecule has 4 rings (SSSR count). The van der Waals surface area contributed by atoms with Crippen LogP contribution in [0.4, 0.5) is 11.4 Å². The molecular weight excluding hydrogens is 488 g/mol. The average Bonchev–Trinajstić information content (AvgIpc) is 2.98. The van der Waals surface area contributed by atoms with Crippen LogP contribution in [0.15, 0.2) is 144 Å². The van der Waals surface area contributed by atoms with E-state index in [0.29, 0.717) is 0 Å². The summed E-state index contributed by atoms with van der Waals surface area (Å²) in [5, 5.41) is 0. The molecule has 0 bridgehead atoms. The van der Waals surface area contributed by atoms with Gasteiger partial charge in [0.15, 0.2) is 0 Å². The van der Waals surface area contributed by atoms with E-state index >= 15 is 0 Å². The second-order valence-corrected chi connectivity index (χ2v) is 9.53. The quantitative estimate of drug-likeness (QED) is 0.218. The van der Waals surface area contributed by atoms with E-state index in [2.05, 4.69) is 91.3 Å². The Kier molecular flexibility index (Phi) is 9.03. The second kappa shape index (κ2) is 12.8. The van der Waals surface area contributed by atoms with Gasteiger partial charge in [0, 0.05) is 28.2 Å². The van der Waals surface area contributed by atoms with Crippen LogP contribution in [0.25, 0.3) is 11.3 Å². The first-order valence-corrected chi connectivity index (χ1v) is 13.4. The summed E-state index contributed by atoms with van der Waals surface area (Å²) in [5.41, 5.74) is 12.2. The van der Waals surface area contributed by atoms with Crippen LogP contribution >= 0.6 is 0 Å². The van der Waals surface area contributed by atoms with Crippen LogP contribution in [0.3, 0.4) is 0 Å². The van der Waals surface area contributed by atoms with Crippen molar-refractivity contribution in [2.24, 2.45) is 4.99 Å². The fourth-order valence-electron chi connectivity index (χ4n) is 4.81. The van der Waals surface area contributed by atoms with Crippen molar-refractivity contribution in [3.8, 4) is 0 Å². The van der Waals surface area contributed by atoms with Crippen molar-refractivity contribution in [2.45, 2.75) is 34.6 Å². The lowest BCUT2D eigenvalue weighted by atomic mass is 9.95. The third-order valence-electron chi connectivity index (χ3n) is 6.99. The van der Waals surface area contributed by atoms with E-state index in [0.717, 1.165) is 62.0 Å². The van der Waals surface area contributed by atoms with E-state index in [1.807, 2.05) is 62.5 Å². The Morgan fingerprint density at radius 3 is 2.35 bits per heavy atom. The first-order chi connectivity index (χ1) is 19.4. The third kappa shape index (κ3) is 5.92. The Morgan fingerprint density at radius 2 is 1.70 bits per heavy atom. The molecule has 0 saturated heterocycles. The van der Waals surface area contributed by atoms with E-state index < -0.39 is 0 Å². The number of aliphatic imine (C=N–C) groups is 1. The predicted octanol–water partition coefficient (Wildman–Crippen LogP) is 9.42. The monoisotopic (exact) mass is 524 g/mol. The van der Waals surface area contributed by atoms with Crippen LogP contribution in [0.5, 0.6) is 0 Å². The van der Waals surface area contributed by atoms with E-state index in [9.17, 15) is 0 Å². The lowest BCUT2D eigenvalue weighted by molar-refractivity contribution is 1.03.